The first-order valence-electron chi connectivity index (χ1n) is 6.02. The van der Waals surface area contributed by atoms with Crippen molar-refractivity contribution in [2.45, 2.75) is 12.8 Å². The molecule has 1 saturated heterocycles. The van der Waals surface area contributed by atoms with E-state index in [-0.39, 0.29) is 18.9 Å². The van der Waals surface area contributed by atoms with Gasteiger partial charge in [0, 0.05) is 32.6 Å². The maximum atomic E-state index is 11.3. The zero-order valence-corrected chi connectivity index (χ0v) is 10.3. The molecule has 1 amide bonds. The number of amides is 1. The van der Waals surface area contributed by atoms with Gasteiger partial charge in [0.2, 0.25) is 5.91 Å². The molecule has 0 atom stereocenters. The predicted octanol–water partition coefficient (Wildman–Crippen LogP) is -0.577. The van der Waals surface area contributed by atoms with Crippen molar-refractivity contribution in [1.82, 2.24) is 10.2 Å². The van der Waals surface area contributed by atoms with Crippen LogP contribution in [0.2, 0.25) is 0 Å². The van der Waals surface area contributed by atoms with Gasteiger partial charge in [-0.15, -0.1) is 10.1 Å². The molecule has 1 heterocycles. The summed E-state index contributed by atoms with van der Waals surface area (Å²) in [5.74, 6) is -0.102. The van der Waals surface area contributed by atoms with Crippen molar-refractivity contribution in [3.05, 3.63) is 10.1 Å². The number of hydrogen-bond donors (Lipinski definition) is 1. The summed E-state index contributed by atoms with van der Waals surface area (Å²) >= 11 is 0. The Morgan fingerprint density at radius 2 is 2.17 bits per heavy atom. The number of ether oxygens (including phenoxy) is 1. The Bertz CT molecular complexity index is 268. The van der Waals surface area contributed by atoms with Gasteiger partial charge in [-0.3, -0.25) is 9.69 Å². The van der Waals surface area contributed by atoms with Crippen molar-refractivity contribution in [3.8, 4) is 0 Å². The monoisotopic (exact) mass is 261 g/mol. The lowest BCUT2D eigenvalue weighted by atomic mass is 10.3. The Balaban J connectivity index is 1.94. The predicted molar refractivity (Wildman–Crippen MR) is 62.4 cm³/mol. The molecule has 0 aromatic carbocycles. The summed E-state index contributed by atoms with van der Waals surface area (Å²) in [6.07, 6.45) is 0.599. The van der Waals surface area contributed by atoms with Gasteiger partial charge in [0.15, 0.2) is 0 Å². The number of rotatable bonds is 8. The van der Waals surface area contributed by atoms with Gasteiger partial charge in [-0.05, 0) is 6.42 Å². The van der Waals surface area contributed by atoms with Crippen molar-refractivity contribution in [2.24, 2.45) is 0 Å². The molecule has 1 rings (SSSR count). The Hall–Kier alpha value is -1.41. The average Bonchev–Trinajstić information content (AvgIpc) is 2.36. The largest absolute Gasteiger partial charge is 0.379 e. The third-order valence-electron chi connectivity index (χ3n) is 2.60. The molecule has 104 valence electrons. The summed E-state index contributed by atoms with van der Waals surface area (Å²) in [7, 11) is 0. The van der Waals surface area contributed by atoms with E-state index in [4.69, 9.17) is 4.74 Å². The molecule has 0 unspecified atom stereocenters. The molecule has 0 aromatic heterocycles. The molecule has 1 fully saturated rings. The minimum atomic E-state index is -0.851. The number of nitrogens with zero attached hydrogens (tertiary/aromatic N) is 2. The van der Waals surface area contributed by atoms with E-state index >= 15 is 0 Å². The minimum absolute atomic E-state index is 0.0378. The van der Waals surface area contributed by atoms with Crippen LogP contribution >= 0.6 is 0 Å². The Kier molecular flexibility index (Phi) is 7.04. The van der Waals surface area contributed by atoms with E-state index in [0.29, 0.717) is 13.0 Å². The van der Waals surface area contributed by atoms with Gasteiger partial charge < -0.3 is 14.9 Å². The molecule has 1 N–H and O–H groups in total. The number of hydrogen-bond acceptors (Lipinski definition) is 6. The fourth-order valence-corrected chi connectivity index (χ4v) is 1.64. The summed E-state index contributed by atoms with van der Waals surface area (Å²) in [4.78, 5) is 27.5. The second-order valence-corrected chi connectivity index (χ2v) is 3.96. The molecule has 8 nitrogen and oxygen atoms in total. The number of carbonyl (C=O) groups is 1. The zero-order valence-electron chi connectivity index (χ0n) is 10.3. The minimum Gasteiger partial charge on any atom is -0.379 e. The van der Waals surface area contributed by atoms with Gasteiger partial charge in [-0.2, -0.15) is 0 Å². The maximum Gasteiger partial charge on any atom is 0.294 e. The molecule has 0 radical (unpaired) electrons. The highest BCUT2D eigenvalue weighted by Gasteiger charge is 2.10. The summed E-state index contributed by atoms with van der Waals surface area (Å²) in [5, 5.41) is 11.8. The van der Waals surface area contributed by atoms with E-state index in [2.05, 4.69) is 15.1 Å². The van der Waals surface area contributed by atoms with Crippen LogP contribution in [0.15, 0.2) is 0 Å². The van der Waals surface area contributed by atoms with Crippen molar-refractivity contribution >= 4 is 5.91 Å². The highest BCUT2D eigenvalue weighted by Crippen LogP contribution is 1.95. The lowest BCUT2D eigenvalue weighted by molar-refractivity contribution is -0.757. The lowest BCUT2D eigenvalue weighted by Gasteiger charge is -2.26. The van der Waals surface area contributed by atoms with E-state index in [1.807, 2.05) is 0 Å². The molecule has 0 spiro atoms. The fraction of sp³-hybridized carbons (Fsp3) is 0.900. The molecule has 18 heavy (non-hydrogen) atoms. The van der Waals surface area contributed by atoms with Crippen LogP contribution in [0.1, 0.15) is 12.8 Å². The number of nitrogens with one attached hydrogen (secondary N) is 1. The third kappa shape index (κ3) is 7.02. The van der Waals surface area contributed by atoms with Gasteiger partial charge in [0.1, 0.15) is 0 Å². The third-order valence-corrected chi connectivity index (χ3v) is 2.60. The van der Waals surface area contributed by atoms with Crippen molar-refractivity contribution < 1.29 is 19.5 Å². The van der Waals surface area contributed by atoms with E-state index in [1.165, 1.54) is 0 Å². The first kappa shape index (κ1) is 14.7. The SMILES string of the molecule is O=C(CCCO[N+](=O)[O-])NCCN1CCOCC1. The molecule has 0 bridgehead atoms. The zero-order chi connectivity index (χ0) is 13.2. The van der Waals surface area contributed by atoms with Gasteiger partial charge in [-0.25, -0.2) is 0 Å². The summed E-state index contributed by atoms with van der Waals surface area (Å²) < 4.78 is 5.21. The fourth-order valence-electron chi connectivity index (χ4n) is 1.64. The van der Waals surface area contributed by atoms with E-state index in [9.17, 15) is 14.9 Å². The van der Waals surface area contributed by atoms with E-state index in [1.54, 1.807) is 0 Å². The second-order valence-electron chi connectivity index (χ2n) is 3.96. The number of carbonyl (C=O) groups excluding carboxylic acids is 1. The van der Waals surface area contributed by atoms with Gasteiger partial charge >= 0.3 is 0 Å². The Morgan fingerprint density at radius 1 is 1.44 bits per heavy atom. The first-order chi connectivity index (χ1) is 8.68. The smallest absolute Gasteiger partial charge is 0.294 e. The molecular formula is C10H19N3O5. The van der Waals surface area contributed by atoms with Crippen molar-refractivity contribution in [2.75, 3.05) is 46.0 Å². The van der Waals surface area contributed by atoms with E-state index < -0.39 is 5.09 Å². The number of morpholine rings is 1. The van der Waals surface area contributed by atoms with Crippen molar-refractivity contribution in [3.63, 3.8) is 0 Å². The van der Waals surface area contributed by atoms with Crippen LogP contribution in [-0.2, 0) is 14.4 Å². The molecular weight excluding hydrogens is 242 g/mol. The van der Waals surface area contributed by atoms with Crippen LogP contribution in [-0.4, -0.2) is 61.9 Å². The highest BCUT2D eigenvalue weighted by atomic mass is 16.9. The second kappa shape index (κ2) is 8.65. The summed E-state index contributed by atoms with van der Waals surface area (Å²) in [6, 6.07) is 0. The average molecular weight is 261 g/mol. The lowest BCUT2D eigenvalue weighted by Crippen LogP contribution is -2.41. The quantitative estimate of drug-likeness (QED) is 0.357. The molecule has 8 heteroatoms. The molecule has 0 aromatic rings. The first-order valence-corrected chi connectivity index (χ1v) is 6.02. The molecule has 1 aliphatic rings. The summed E-state index contributed by atoms with van der Waals surface area (Å²) in [6.45, 7) is 4.64. The summed E-state index contributed by atoms with van der Waals surface area (Å²) in [5.41, 5.74) is 0. The normalized spacial score (nSPS) is 16.2. The van der Waals surface area contributed by atoms with Crippen LogP contribution < -0.4 is 5.32 Å². The topological polar surface area (TPSA) is 93.9 Å². The molecule has 1 aliphatic heterocycles. The molecule has 0 aliphatic carbocycles. The maximum absolute atomic E-state index is 11.3. The van der Waals surface area contributed by atoms with Crippen LogP contribution in [0.4, 0.5) is 0 Å². The van der Waals surface area contributed by atoms with Crippen LogP contribution in [0, 0.1) is 10.1 Å². The van der Waals surface area contributed by atoms with Crippen molar-refractivity contribution in [1.29, 1.82) is 0 Å². The van der Waals surface area contributed by atoms with Crippen LogP contribution in [0.25, 0.3) is 0 Å². The highest BCUT2D eigenvalue weighted by molar-refractivity contribution is 5.75. The Morgan fingerprint density at radius 3 is 2.83 bits per heavy atom. The Labute approximate surface area is 105 Å². The van der Waals surface area contributed by atoms with Gasteiger partial charge in [-0.1, -0.05) is 0 Å². The van der Waals surface area contributed by atoms with Gasteiger partial charge in [0.25, 0.3) is 5.09 Å². The molecule has 0 saturated carbocycles. The standard InChI is InChI=1S/C10H19N3O5/c14-10(2-1-7-18-13(15)16)11-3-4-12-5-8-17-9-6-12/h1-9H2,(H,11,14). The van der Waals surface area contributed by atoms with Gasteiger partial charge in [0.05, 0.1) is 19.8 Å². The van der Waals surface area contributed by atoms with E-state index in [0.717, 1.165) is 32.8 Å². The van der Waals surface area contributed by atoms with Crippen LogP contribution in [0.5, 0.6) is 0 Å². The van der Waals surface area contributed by atoms with Crippen LogP contribution in [0.3, 0.4) is 0 Å².